The predicted octanol–water partition coefficient (Wildman–Crippen LogP) is 1.11. The zero-order valence-corrected chi connectivity index (χ0v) is 6.67. The van der Waals surface area contributed by atoms with Crippen LogP contribution < -0.4 is 0 Å². The number of nitrogens with zero attached hydrogens (tertiary/aromatic N) is 3. The largest absolute Gasteiger partial charge is 0.375 e. The Kier molecular flexibility index (Phi) is 3.72. The van der Waals surface area contributed by atoms with Crippen LogP contribution in [0.3, 0.4) is 0 Å². The van der Waals surface area contributed by atoms with Crippen LogP contribution in [0.1, 0.15) is 0 Å². The summed E-state index contributed by atoms with van der Waals surface area (Å²) in [5.74, 6) is 0. The van der Waals surface area contributed by atoms with Crippen LogP contribution in [0.15, 0.2) is 11.3 Å². The number of allylic oxidation sites excluding steroid dienone is 2. The lowest BCUT2D eigenvalue weighted by Crippen LogP contribution is -2.19. The van der Waals surface area contributed by atoms with Crippen molar-refractivity contribution in [3.05, 3.63) is 11.3 Å². The van der Waals surface area contributed by atoms with Gasteiger partial charge in [0, 0.05) is 14.1 Å². The SMILES string of the molecule is CN(C)C(=C(C#N)C#N)C(F)F. The van der Waals surface area contributed by atoms with Gasteiger partial charge in [-0.2, -0.15) is 10.5 Å². The molecule has 3 nitrogen and oxygen atoms in total. The minimum atomic E-state index is -2.80. The highest BCUT2D eigenvalue weighted by Crippen LogP contribution is 2.14. The Hall–Kier alpha value is -1.62. The first-order valence-electron chi connectivity index (χ1n) is 3.04. The summed E-state index contributed by atoms with van der Waals surface area (Å²) in [5.41, 5.74) is -1.09. The Morgan fingerprint density at radius 3 is 1.75 bits per heavy atom. The van der Waals surface area contributed by atoms with Gasteiger partial charge in [-0.25, -0.2) is 8.78 Å². The van der Waals surface area contributed by atoms with Gasteiger partial charge in [-0.3, -0.25) is 0 Å². The first-order chi connectivity index (χ1) is 5.54. The zero-order chi connectivity index (χ0) is 9.72. The molecule has 0 amide bonds. The number of halogens is 2. The van der Waals surface area contributed by atoms with Crippen molar-refractivity contribution in [1.82, 2.24) is 4.90 Å². The summed E-state index contributed by atoms with van der Waals surface area (Å²) < 4.78 is 24.3. The van der Waals surface area contributed by atoms with Crippen LogP contribution in [0.2, 0.25) is 0 Å². The van der Waals surface area contributed by atoms with Crippen LogP contribution in [0, 0.1) is 22.7 Å². The van der Waals surface area contributed by atoms with Gasteiger partial charge in [-0.1, -0.05) is 0 Å². The van der Waals surface area contributed by atoms with E-state index in [1.807, 2.05) is 0 Å². The molecule has 0 spiro atoms. The monoisotopic (exact) mass is 171 g/mol. The molecule has 0 aromatic carbocycles. The number of hydrogen-bond donors (Lipinski definition) is 0. The smallest absolute Gasteiger partial charge is 0.280 e. The molecular weight excluding hydrogens is 164 g/mol. The first kappa shape index (κ1) is 10.4. The summed E-state index contributed by atoms with van der Waals surface area (Å²) in [6.45, 7) is 0. The number of nitriles is 2. The van der Waals surface area contributed by atoms with E-state index in [1.165, 1.54) is 26.2 Å². The molecule has 0 saturated heterocycles. The highest BCUT2D eigenvalue weighted by Gasteiger charge is 2.18. The molecule has 0 aliphatic heterocycles. The quantitative estimate of drug-likeness (QED) is 0.585. The van der Waals surface area contributed by atoms with Gasteiger partial charge in [0.05, 0.1) is 0 Å². The van der Waals surface area contributed by atoms with E-state index >= 15 is 0 Å². The van der Waals surface area contributed by atoms with Crippen molar-refractivity contribution in [1.29, 1.82) is 10.5 Å². The topological polar surface area (TPSA) is 50.8 Å². The summed E-state index contributed by atoms with van der Waals surface area (Å²) in [5, 5.41) is 16.6. The Bertz CT molecular complexity index is 241. The van der Waals surface area contributed by atoms with Crippen LogP contribution in [0.4, 0.5) is 8.78 Å². The van der Waals surface area contributed by atoms with Crippen LogP contribution in [-0.4, -0.2) is 25.4 Å². The van der Waals surface area contributed by atoms with Gasteiger partial charge >= 0.3 is 0 Å². The second kappa shape index (κ2) is 4.30. The molecule has 0 aromatic heterocycles. The number of hydrogen-bond acceptors (Lipinski definition) is 3. The molecule has 0 aliphatic rings. The highest BCUT2D eigenvalue weighted by molar-refractivity contribution is 5.40. The van der Waals surface area contributed by atoms with Gasteiger partial charge in [0.15, 0.2) is 5.57 Å². The van der Waals surface area contributed by atoms with E-state index in [1.54, 1.807) is 0 Å². The number of alkyl halides is 2. The van der Waals surface area contributed by atoms with Gasteiger partial charge in [0.25, 0.3) is 6.43 Å². The van der Waals surface area contributed by atoms with E-state index in [0.29, 0.717) is 0 Å². The molecule has 5 heteroatoms. The molecule has 0 atom stereocenters. The third kappa shape index (κ3) is 2.21. The molecule has 0 heterocycles. The number of rotatable bonds is 2. The summed E-state index contributed by atoms with van der Waals surface area (Å²) >= 11 is 0. The summed E-state index contributed by atoms with van der Waals surface area (Å²) in [7, 11) is 2.71. The molecule has 0 unspecified atom stereocenters. The van der Waals surface area contributed by atoms with E-state index < -0.39 is 17.7 Å². The van der Waals surface area contributed by atoms with Crippen molar-refractivity contribution >= 4 is 0 Å². The minimum Gasteiger partial charge on any atom is -0.375 e. The Balaban J connectivity index is 5.11. The van der Waals surface area contributed by atoms with Crippen molar-refractivity contribution in [2.45, 2.75) is 6.43 Å². The lowest BCUT2D eigenvalue weighted by Gasteiger charge is -2.15. The summed E-state index contributed by atoms with van der Waals surface area (Å²) in [6, 6.07) is 2.82. The van der Waals surface area contributed by atoms with Crippen LogP contribution >= 0.6 is 0 Å². The average Bonchev–Trinajstić information content (AvgIpc) is 1.98. The van der Waals surface area contributed by atoms with E-state index in [0.717, 1.165) is 4.90 Å². The van der Waals surface area contributed by atoms with Crippen molar-refractivity contribution in [2.24, 2.45) is 0 Å². The Labute approximate surface area is 69.1 Å². The second-order valence-electron chi connectivity index (χ2n) is 2.18. The fourth-order valence-corrected chi connectivity index (χ4v) is 0.667. The molecule has 64 valence electrons. The second-order valence-corrected chi connectivity index (χ2v) is 2.18. The molecule has 0 saturated carbocycles. The third-order valence-electron chi connectivity index (χ3n) is 1.17. The fraction of sp³-hybridized carbons (Fsp3) is 0.429. The van der Waals surface area contributed by atoms with Gasteiger partial charge in [0.1, 0.15) is 17.8 Å². The fourth-order valence-electron chi connectivity index (χ4n) is 0.667. The van der Waals surface area contributed by atoms with Crippen molar-refractivity contribution in [3.8, 4) is 12.1 Å². The molecular formula is C7H7F2N3. The van der Waals surface area contributed by atoms with Crippen molar-refractivity contribution < 1.29 is 8.78 Å². The van der Waals surface area contributed by atoms with Gasteiger partial charge < -0.3 is 4.90 Å². The molecule has 0 radical (unpaired) electrons. The van der Waals surface area contributed by atoms with Gasteiger partial charge in [-0.15, -0.1) is 0 Å². The van der Waals surface area contributed by atoms with E-state index in [2.05, 4.69) is 0 Å². The maximum absolute atomic E-state index is 12.2. The normalized spacial score (nSPS) is 8.58. The molecule has 0 aliphatic carbocycles. The third-order valence-corrected chi connectivity index (χ3v) is 1.17. The standard InChI is InChI=1S/C7H7F2N3/c1-12(2)6(7(8)9)5(3-10)4-11/h7H,1-2H3. The molecule has 0 aromatic rings. The Morgan fingerprint density at radius 2 is 1.67 bits per heavy atom. The van der Waals surface area contributed by atoms with Crippen molar-refractivity contribution in [2.75, 3.05) is 14.1 Å². The van der Waals surface area contributed by atoms with Gasteiger partial charge in [0.2, 0.25) is 0 Å². The first-order valence-corrected chi connectivity index (χ1v) is 3.04. The molecule has 0 bridgehead atoms. The van der Waals surface area contributed by atoms with Crippen LogP contribution in [0.5, 0.6) is 0 Å². The summed E-state index contributed by atoms with van der Waals surface area (Å²) in [4.78, 5) is 1.06. The Morgan fingerprint density at radius 1 is 1.25 bits per heavy atom. The maximum Gasteiger partial charge on any atom is 0.280 e. The lowest BCUT2D eigenvalue weighted by atomic mass is 10.2. The molecule has 0 fully saturated rings. The van der Waals surface area contributed by atoms with E-state index in [4.69, 9.17) is 10.5 Å². The highest BCUT2D eigenvalue weighted by atomic mass is 19.3. The van der Waals surface area contributed by atoms with E-state index in [-0.39, 0.29) is 0 Å². The molecule has 0 rings (SSSR count). The molecule has 0 N–H and O–H groups in total. The molecule has 12 heavy (non-hydrogen) atoms. The minimum absolute atomic E-state index is 0.542. The maximum atomic E-state index is 12.2. The predicted molar refractivity (Wildman–Crippen MR) is 37.9 cm³/mol. The van der Waals surface area contributed by atoms with Crippen molar-refractivity contribution in [3.63, 3.8) is 0 Å². The van der Waals surface area contributed by atoms with Crippen LogP contribution in [-0.2, 0) is 0 Å². The lowest BCUT2D eigenvalue weighted by molar-refractivity contribution is 0.156. The van der Waals surface area contributed by atoms with Crippen LogP contribution in [0.25, 0.3) is 0 Å². The van der Waals surface area contributed by atoms with E-state index in [9.17, 15) is 8.78 Å². The van der Waals surface area contributed by atoms with Gasteiger partial charge in [-0.05, 0) is 0 Å². The zero-order valence-electron chi connectivity index (χ0n) is 6.67. The average molecular weight is 171 g/mol. The summed E-state index contributed by atoms with van der Waals surface area (Å²) in [6.07, 6.45) is -2.80.